The van der Waals surface area contributed by atoms with Gasteiger partial charge in [0, 0.05) is 12.5 Å². The van der Waals surface area contributed by atoms with Crippen molar-refractivity contribution < 1.29 is 0 Å². The van der Waals surface area contributed by atoms with E-state index < -0.39 is 0 Å². The molecular weight excluding hydrogens is 196 g/mol. The highest BCUT2D eigenvalue weighted by atomic mass is 14.9. The Morgan fingerprint density at radius 1 is 1.25 bits per heavy atom. The summed E-state index contributed by atoms with van der Waals surface area (Å²) in [5.41, 5.74) is 0. The first kappa shape index (κ1) is 13.5. The second kappa shape index (κ2) is 8.58. The molecule has 2 unspecified atom stereocenters. The highest BCUT2D eigenvalue weighted by Gasteiger charge is 2.25. The van der Waals surface area contributed by atoms with E-state index in [-0.39, 0.29) is 0 Å². The van der Waals surface area contributed by atoms with Crippen LogP contribution in [0, 0.1) is 17.2 Å². The van der Waals surface area contributed by atoms with Gasteiger partial charge in [0.15, 0.2) is 0 Å². The van der Waals surface area contributed by atoms with Crippen molar-refractivity contribution in [1.29, 1.82) is 5.26 Å². The molecule has 16 heavy (non-hydrogen) atoms. The Morgan fingerprint density at radius 2 is 2.12 bits per heavy atom. The quantitative estimate of drug-likeness (QED) is 0.637. The molecule has 0 amide bonds. The van der Waals surface area contributed by atoms with Crippen LogP contribution in [0.25, 0.3) is 0 Å². The smallest absolute Gasteiger partial charge is 0.0621 e. The van der Waals surface area contributed by atoms with Gasteiger partial charge in [-0.25, -0.2) is 0 Å². The third kappa shape index (κ3) is 4.99. The van der Waals surface area contributed by atoms with Crippen molar-refractivity contribution in [3.63, 3.8) is 0 Å². The number of nitrogens with zero attached hydrogens (tertiary/aromatic N) is 1. The molecule has 1 aliphatic carbocycles. The predicted octanol–water partition coefficient (Wildman–Crippen LogP) is 3.63. The van der Waals surface area contributed by atoms with Gasteiger partial charge in [0.1, 0.15) is 0 Å². The van der Waals surface area contributed by atoms with Gasteiger partial charge in [-0.3, -0.25) is 0 Å². The van der Waals surface area contributed by atoms with Gasteiger partial charge in [-0.05, 0) is 44.6 Å². The first-order chi connectivity index (χ1) is 7.88. The predicted molar refractivity (Wildman–Crippen MR) is 68.1 cm³/mol. The Bertz CT molecular complexity index is 207. The average molecular weight is 222 g/mol. The monoisotopic (exact) mass is 222 g/mol. The molecule has 0 aromatic rings. The lowest BCUT2D eigenvalue weighted by atomic mass is 9.97. The highest BCUT2D eigenvalue weighted by molar-refractivity contribution is 4.83. The van der Waals surface area contributed by atoms with E-state index in [0.717, 1.165) is 31.3 Å². The van der Waals surface area contributed by atoms with Crippen LogP contribution in [0.15, 0.2) is 0 Å². The van der Waals surface area contributed by atoms with Crippen LogP contribution in [0.1, 0.15) is 64.7 Å². The largest absolute Gasteiger partial charge is 0.314 e. The van der Waals surface area contributed by atoms with Crippen molar-refractivity contribution in [2.45, 2.75) is 70.8 Å². The third-order valence-electron chi connectivity index (χ3n) is 3.71. The Morgan fingerprint density at radius 3 is 2.88 bits per heavy atom. The van der Waals surface area contributed by atoms with Crippen LogP contribution >= 0.6 is 0 Å². The van der Waals surface area contributed by atoms with Gasteiger partial charge in [0.05, 0.1) is 6.07 Å². The molecule has 2 nitrogen and oxygen atoms in total. The molecule has 1 fully saturated rings. The molecule has 0 heterocycles. The van der Waals surface area contributed by atoms with Crippen LogP contribution in [-0.4, -0.2) is 12.6 Å². The standard InChI is InChI=1S/C14H26N2/c1-2-3-8-13-9-7-10-14(13)16-12-6-4-5-11-15/h13-14,16H,2-10,12H2,1H3. The van der Waals surface area contributed by atoms with Gasteiger partial charge in [-0.15, -0.1) is 0 Å². The second-order valence-electron chi connectivity index (χ2n) is 5.01. The Labute approximate surface area is 100 Å². The summed E-state index contributed by atoms with van der Waals surface area (Å²) in [5, 5.41) is 12.1. The Balaban J connectivity index is 2.08. The molecule has 0 spiro atoms. The molecule has 92 valence electrons. The molecule has 0 radical (unpaired) electrons. The van der Waals surface area contributed by atoms with Crippen LogP contribution in [-0.2, 0) is 0 Å². The first-order valence-electron chi connectivity index (χ1n) is 6.98. The van der Waals surface area contributed by atoms with E-state index in [0.29, 0.717) is 6.42 Å². The normalized spacial score (nSPS) is 24.5. The number of unbranched alkanes of at least 4 members (excludes halogenated alkanes) is 3. The molecule has 0 saturated heterocycles. The molecule has 0 bridgehead atoms. The maximum absolute atomic E-state index is 8.45. The summed E-state index contributed by atoms with van der Waals surface area (Å²) in [6.07, 6.45) is 11.2. The maximum atomic E-state index is 8.45. The van der Waals surface area contributed by atoms with Gasteiger partial charge in [0.25, 0.3) is 0 Å². The van der Waals surface area contributed by atoms with Gasteiger partial charge in [-0.2, -0.15) is 5.26 Å². The third-order valence-corrected chi connectivity index (χ3v) is 3.71. The molecule has 1 aliphatic rings. The molecule has 1 N–H and O–H groups in total. The minimum absolute atomic E-state index is 0.714. The van der Waals surface area contributed by atoms with Crippen LogP contribution in [0.3, 0.4) is 0 Å². The van der Waals surface area contributed by atoms with Gasteiger partial charge < -0.3 is 5.32 Å². The van der Waals surface area contributed by atoms with Crippen molar-refractivity contribution in [3.05, 3.63) is 0 Å². The molecule has 0 aromatic carbocycles. The number of hydrogen-bond donors (Lipinski definition) is 1. The molecule has 1 saturated carbocycles. The fourth-order valence-electron chi connectivity index (χ4n) is 2.73. The zero-order chi connectivity index (χ0) is 11.6. The summed E-state index contributed by atoms with van der Waals surface area (Å²) in [6.45, 7) is 3.38. The fraction of sp³-hybridized carbons (Fsp3) is 0.929. The zero-order valence-electron chi connectivity index (χ0n) is 10.7. The van der Waals surface area contributed by atoms with Crippen molar-refractivity contribution >= 4 is 0 Å². The summed E-state index contributed by atoms with van der Waals surface area (Å²) in [6, 6.07) is 2.98. The molecule has 0 aliphatic heterocycles. The maximum Gasteiger partial charge on any atom is 0.0621 e. The van der Waals surface area contributed by atoms with Crippen LogP contribution in [0.2, 0.25) is 0 Å². The number of nitrogens with one attached hydrogen (secondary N) is 1. The SMILES string of the molecule is CCCCC1CCCC1NCCCCC#N. The van der Waals surface area contributed by atoms with E-state index in [1.54, 1.807) is 0 Å². The lowest BCUT2D eigenvalue weighted by Gasteiger charge is -2.20. The summed E-state index contributed by atoms with van der Waals surface area (Å²) in [7, 11) is 0. The van der Waals surface area contributed by atoms with Gasteiger partial charge in [-0.1, -0.05) is 26.2 Å². The Hall–Kier alpha value is -0.550. The van der Waals surface area contributed by atoms with Crippen molar-refractivity contribution in [3.8, 4) is 6.07 Å². The highest BCUT2D eigenvalue weighted by Crippen LogP contribution is 2.29. The van der Waals surface area contributed by atoms with Crippen LogP contribution in [0.4, 0.5) is 0 Å². The minimum Gasteiger partial charge on any atom is -0.314 e. The molecule has 2 heteroatoms. The second-order valence-corrected chi connectivity index (χ2v) is 5.01. The first-order valence-corrected chi connectivity index (χ1v) is 6.98. The number of nitriles is 1. The molecule has 0 aromatic heterocycles. The average Bonchev–Trinajstić information content (AvgIpc) is 2.74. The van der Waals surface area contributed by atoms with E-state index in [1.807, 2.05) is 0 Å². The minimum atomic E-state index is 0.714. The van der Waals surface area contributed by atoms with Gasteiger partial charge in [0.2, 0.25) is 0 Å². The van der Waals surface area contributed by atoms with E-state index in [2.05, 4.69) is 18.3 Å². The zero-order valence-corrected chi connectivity index (χ0v) is 10.7. The van der Waals surface area contributed by atoms with Gasteiger partial charge >= 0.3 is 0 Å². The number of hydrogen-bond acceptors (Lipinski definition) is 2. The summed E-state index contributed by atoms with van der Waals surface area (Å²) in [5.74, 6) is 0.927. The Kier molecular flexibility index (Phi) is 7.25. The van der Waals surface area contributed by atoms with E-state index in [1.165, 1.54) is 38.5 Å². The topological polar surface area (TPSA) is 35.8 Å². The molecule has 1 rings (SSSR count). The lowest BCUT2D eigenvalue weighted by molar-refractivity contribution is 0.367. The van der Waals surface area contributed by atoms with Crippen LogP contribution < -0.4 is 5.32 Å². The lowest BCUT2D eigenvalue weighted by Crippen LogP contribution is -2.33. The number of rotatable bonds is 8. The van der Waals surface area contributed by atoms with Crippen molar-refractivity contribution in [2.75, 3.05) is 6.54 Å². The molecule has 2 atom stereocenters. The van der Waals surface area contributed by atoms with E-state index >= 15 is 0 Å². The summed E-state index contributed by atoms with van der Waals surface area (Å²) >= 11 is 0. The summed E-state index contributed by atoms with van der Waals surface area (Å²) in [4.78, 5) is 0. The van der Waals surface area contributed by atoms with Crippen LogP contribution in [0.5, 0.6) is 0 Å². The van der Waals surface area contributed by atoms with Crippen molar-refractivity contribution in [1.82, 2.24) is 5.32 Å². The van der Waals surface area contributed by atoms with Crippen molar-refractivity contribution in [2.24, 2.45) is 5.92 Å². The summed E-state index contributed by atoms with van der Waals surface area (Å²) < 4.78 is 0. The van der Waals surface area contributed by atoms with E-state index in [4.69, 9.17) is 5.26 Å². The molecular formula is C14H26N2. The van der Waals surface area contributed by atoms with E-state index in [9.17, 15) is 0 Å². The fourth-order valence-corrected chi connectivity index (χ4v) is 2.73.